The number of fused-ring (bicyclic) bond motifs is 1. The van der Waals surface area contributed by atoms with Crippen molar-refractivity contribution in [3.05, 3.63) is 53.7 Å². The molecule has 8 nitrogen and oxygen atoms in total. The van der Waals surface area contributed by atoms with Crippen LogP contribution in [-0.2, 0) is 4.79 Å². The summed E-state index contributed by atoms with van der Waals surface area (Å²) in [4.78, 5) is 15.4. The Bertz CT molecular complexity index is 883. The van der Waals surface area contributed by atoms with Crippen LogP contribution in [0.5, 0.6) is 17.5 Å². The average molecular weight is 327 g/mol. The predicted molar refractivity (Wildman–Crippen MR) is 82.7 cm³/mol. The van der Waals surface area contributed by atoms with Gasteiger partial charge in [0, 0.05) is 6.07 Å². The fourth-order valence-electron chi connectivity index (χ4n) is 1.97. The van der Waals surface area contributed by atoms with Crippen LogP contribution in [0.4, 0.5) is 0 Å². The van der Waals surface area contributed by atoms with E-state index < -0.39 is 12.1 Å². The summed E-state index contributed by atoms with van der Waals surface area (Å²) < 4.78 is 10.7. The van der Waals surface area contributed by atoms with Crippen molar-refractivity contribution >= 4 is 17.0 Å². The van der Waals surface area contributed by atoms with E-state index in [-0.39, 0.29) is 6.01 Å². The van der Waals surface area contributed by atoms with E-state index in [2.05, 4.69) is 10.1 Å². The van der Waals surface area contributed by atoms with Crippen molar-refractivity contribution in [2.24, 2.45) is 0 Å². The molecule has 122 valence electrons. The normalized spacial score (nSPS) is 11.9. The maximum Gasteiger partial charge on any atom is 0.386 e. The molecule has 1 heterocycles. The standard InChI is InChI=1S/C16H13N3O5/c1-10(15(20)21)23-11-6-8-12(9-7-11)24-16-17-13-4-2-3-5-14(13)19(22)18-16/h2-10H,1H3,(H,20,21). The highest BCUT2D eigenvalue weighted by Gasteiger charge is 2.14. The van der Waals surface area contributed by atoms with Gasteiger partial charge in [0.25, 0.3) is 5.52 Å². The van der Waals surface area contributed by atoms with Gasteiger partial charge < -0.3 is 19.8 Å². The first-order valence-electron chi connectivity index (χ1n) is 7.07. The van der Waals surface area contributed by atoms with Gasteiger partial charge in [-0.25, -0.2) is 4.79 Å². The van der Waals surface area contributed by atoms with Gasteiger partial charge in [-0.15, -0.1) is 0 Å². The second kappa shape index (κ2) is 6.37. The number of aromatic nitrogens is 3. The monoisotopic (exact) mass is 327 g/mol. The third-order valence-corrected chi connectivity index (χ3v) is 3.17. The van der Waals surface area contributed by atoms with Crippen molar-refractivity contribution in [1.82, 2.24) is 10.1 Å². The number of carboxylic acids is 1. The van der Waals surface area contributed by atoms with Crippen LogP contribution in [0.1, 0.15) is 6.92 Å². The molecule has 1 N–H and O–H groups in total. The molecule has 0 saturated heterocycles. The lowest BCUT2D eigenvalue weighted by molar-refractivity contribution is -0.643. The summed E-state index contributed by atoms with van der Waals surface area (Å²) in [6.07, 6.45) is -0.958. The summed E-state index contributed by atoms with van der Waals surface area (Å²) in [5, 5.41) is 24.4. The number of benzene rings is 2. The highest BCUT2D eigenvalue weighted by molar-refractivity contribution is 5.72. The largest absolute Gasteiger partial charge is 0.594 e. The molecule has 1 unspecified atom stereocenters. The Kier molecular flexibility index (Phi) is 4.11. The molecule has 0 aliphatic carbocycles. The fourth-order valence-corrected chi connectivity index (χ4v) is 1.97. The molecule has 0 bridgehead atoms. The van der Waals surface area contributed by atoms with Gasteiger partial charge in [-0.3, -0.25) is 0 Å². The Labute approximate surface area is 136 Å². The first-order valence-corrected chi connectivity index (χ1v) is 7.07. The third kappa shape index (κ3) is 3.32. The second-order valence-corrected chi connectivity index (χ2v) is 4.93. The molecule has 0 aliphatic rings. The van der Waals surface area contributed by atoms with Crippen molar-refractivity contribution in [3.8, 4) is 17.5 Å². The molecular weight excluding hydrogens is 314 g/mol. The van der Waals surface area contributed by atoms with Crippen LogP contribution in [0.15, 0.2) is 48.5 Å². The summed E-state index contributed by atoms with van der Waals surface area (Å²) in [6, 6.07) is 12.9. The minimum Gasteiger partial charge on any atom is -0.594 e. The molecule has 0 fully saturated rings. The maximum absolute atomic E-state index is 11.8. The SMILES string of the molecule is CC(Oc1ccc(Oc2nc3ccccc3[n+]([O-])n2)cc1)C(=O)O. The Hall–Kier alpha value is -3.42. The van der Waals surface area contributed by atoms with Crippen LogP contribution in [0.3, 0.4) is 0 Å². The number of aliphatic carboxylic acids is 1. The van der Waals surface area contributed by atoms with Gasteiger partial charge in [0.15, 0.2) is 6.10 Å². The van der Waals surface area contributed by atoms with E-state index in [9.17, 15) is 10.0 Å². The number of hydrogen-bond donors (Lipinski definition) is 1. The lowest BCUT2D eigenvalue weighted by Gasteiger charge is -2.10. The van der Waals surface area contributed by atoms with E-state index in [0.717, 1.165) is 0 Å². The molecular formula is C16H13N3O5. The van der Waals surface area contributed by atoms with Crippen LogP contribution < -0.4 is 14.3 Å². The van der Waals surface area contributed by atoms with Crippen LogP contribution in [0, 0.1) is 5.21 Å². The van der Waals surface area contributed by atoms with Crippen molar-refractivity contribution in [3.63, 3.8) is 0 Å². The molecule has 3 rings (SSSR count). The zero-order chi connectivity index (χ0) is 17.1. The van der Waals surface area contributed by atoms with Crippen molar-refractivity contribution < 1.29 is 24.2 Å². The van der Waals surface area contributed by atoms with Crippen molar-refractivity contribution in [2.75, 3.05) is 0 Å². The predicted octanol–water partition coefficient (Wildman–Crippen LogP) is 1.91. The highest BCUT2D eigenvalue weighted by atomic mass is 16.5. The van der Waals surface area contributed by atoms with E-state index in [1.807, 2.05) is 0 Å². The Morgan fingerprint density at radius 2 is 1.83 bits per heavy atom. The number of para-hydroxylation sites is 2. The molecule has 0 saturated carbocycles. The lowest BCUT2D eigenvalue weighted by Crippen LogP contribution is -2.32. The van der Waals surface area contributed by atoms with E-state index in [1.54, 1.807) is 48.5 Å². The molecule has 0 radical (unpaired) electrons. The van der Waals surface area contributed by atoms with Gasteiger partial charge in [0.1, 0.15) is 17.0 Å². The Morgan fingerprint density at radius 3 is 2.54 bits per heavy atom. The molecule has 8 heteroatoms. The number of carboxylic acid groups (broad SMARTS) is 1. The van der Waals surface area contributed by atoms with E-state index in [0.29, 0.717) is 27.4 Å². The second-order valence-electron chi connectivity index (χ2n) is 4.93. The Balaban J connectivity index is 1.78. The van der Waals surface area contributed by atoms with Gasteiger partial charge in [0.05, 0.1) is 5.10 Å². The Morgan fingerprint density at radius 1 is 1.17 bits per heavy atom. The molecule has 1 atom stereocenters. The molecule has 0 amide bonds. The molecule has 1 aromatic heterocycles. The number of hydrogen-bond acceptors (Lipinski definition) is 6. The van der Waals surface area contributed by atoms with E-state index in [4.69, 9.17) is 14.6 Å². The quantitative estimate of drug-likeness (QED) is 0.563. The number of rotatable bonds is 5. The molecule has 24 heavy (non-hydrogen) atoms. The first-order chi connectivity index (χ1) is 11.5. The third-order valence-electron chi connectivity index (χ3n) is 3.17. The van der Waals surface area contributed by atoms with Gasteiger partial charge in [-0.2, -0.15) is 4.98 Å². The number of carbonyl (C=O) groups is 1. The van der Waals surface area contributed by atoms with Crippen LogP contribution in [0.2, 0.25) is 0 Å². The van der Waals surface area contributed by atoms with Crippen LogP contribution in [0.25, 0.3) is 11.0 Å². The molecule has 2 aromatic carbocycles. The summed E-state index contributed by atoms with van der Waals surface area (Å²) in [6.45, 7) is 1.43. The smallest absolute Gasteiger partial charge is 0.386 e. The minimum atomic E-state index is -1.06. The number of nitrogens with zero attached hydrogens (tertiary/aromatic N) is 3. The molecule has 0 aliphatic heterocycles. The lowest BCUT2D eigenvalue weighted by atomic mass is 10.3. The summed E-state index contributed by atoms with van der Waals surface area (Å²) >= 11 is 0. The van der Waals surface area contributed by atoms with Gasteiger partial charge in [-0.1, -0.05) is 12.1 Å². The van der Waals surface area contributed by atoms with Gasteiger partial charge >= 0.3 is 12.0 Å². The van der Waals surface area contributed by atoms with Gasteiger partial charge in [-0.05, 0) is 42.1 Å². The van der Waals surface area contributed by atoms with Crippen LogP contribution >= 0.6 is 0 Å². The minimum absolute atomic E-state index is 0.0868. The van der Waals surface area contributed by atoms with Gasteiger partial charge in [0.2, 0.25) is 0 Å². The summed E-state index contributed by atoms with van der Waals surface area (Å²) in [5.41, 5.74) is 0.809. The summed E-state index contributed by atoms with van der Waals surface area (Å²) in [7, 11) is 0. The zero-order valence-corrected chi connectivity index (χ0v) is 12.6. The average Bonchev–Trinajstić information content (AvgIpc) is 2.56. The molecule has 3 aromatic rings. The van der Waals surface area contributed by atoms with E-state index in [1.165, 1.54) is 6.92 Å². The van der Waals surface area contributed by atoms with Crippen molar-refractivity contribution in [1.29, 1.82) is 0 Å². The molecule has 0 spiro atoms. The summed E-state index contributed by atoms with van der Waals surface area (Å²) in [5.74, 6) is -0.281. The number of ether oxygens (including phenoxy) is 2. The maximum atomic E-state index is 11.8. The van der Waals surface area contributed by atoms with Crippen LogP contribution in [-0.4, -0.2) is 27.3 Å². The highest BCUT2D eigenvalue weighted by Crippen LogP contribution is 2.22. The zero-order valence-electron chi connectivity index (χ0n) is 12.6. The topological polar surface area (TPSA) is 108 Å². The fraction of sp³-hybridized carbons (Fsp3) is 0.125. The van der Waals surface area contributed by atoms with Crippen molar-refractivity contribution in [2.45, 2.75) is 13.0 Å². The first kappa shape index (κ1) is 15.5. The van der Waals surface area contributed by atoms with E-state index >= 15 is 0 Å².